The molecule has 2 fully saturated rings. The van der Waals surface area contributed by atoms with Gasteiger partial charge in [-0.2, -0.15) is 4.31 Å². The minimum absolute atomic E-state index is 0.00460. The van der Waals surface area contributed by atoms with E-state index in [0.29, 0.717) is 38.1 Å². The number of nitrogens with one attached hydrogen (secondary N) is 1. The number of sulfonamides is 1. The number of amides is 2. The van der Waals surface area contributed by atoms with Gasteiger partial charge in [-0.15, -0.1) is 0 Å². The van der Waals surface area contributed by atoms with E-state index in [0.717, 1.165) is 10.5 Å². The number of nitrogens with two attached hydrogens (primary N) is 1. The number of hydrogen-bond acceptors (Lipinski definition) is 10. The van der Waals surface area contributed by atoms with Gasteiger partial charge in [0.25, 0.3) is 0 Å². The van der Waals surface area contributed by atoms with Gasteiger partial charge in [-0.1, -0.05) is 44.2 Å². The van der Waals surface area contributed by atoms with Crippen LogP contribution < -0.4 is 16.2 Å². The molecule has 2 aliphatic rings. The van der Waals surface area contributed by atoms with E-state index in [1.54, 1.807) is 6.92 Å². The van der Waals surface area contributed by atoms with Crippen molar-refractivity contribution in [1.29, 1.82) is 0 Å². The highest BCUT2D eigenvalue weighted by Gasteiger charge is 2.47. The first-order valence-electron chi connectivity index (χ1n) is 16.0. The summed E-state index contributed by atoms with van der Waals surface area (Å²) in [6.45, 7) is 6.22. The number of nitrogen functional groups attached to an aromatic ring is 1. The molecular weight excluding hydrogens is 628 g/mol. The van der Waals surface area contributed by atoms with E-state index in [2.05, 4.69) is 5.32 Å². The summed E-state index contributed by atoms with van der Waals surface area (Å²) in [6.07, 6.45) is -2.21. The number of hydrogen-bond donors (Lipinski definition) is 3. The van der Waals surface area contributed by atoms with Crippen molar-refractivity contribution in [3.63, 3.8) is 0 Å². The third-order valence-corrected chi connectivity index (χ3v) is 10.6. The van der Waals surface area contributed by atoms with Crippen molar-refractivity contribution in [2.24, 2.45) is 11.3 Å². The normalized spacial score (nSPS) is 20.8. The van der Waals surface area contributed by atoms with Crippen LogP contribution in [0.2, 0.25) is 0 Å². The van der Waals surface area contributed by atoms with Crippen molar-refractivity contribution < 1.29 is 42.4 Å². The van der Waals surface area contributed by atoms with E-state index in [1.807, 2.05) is 44.2 Å². The van der Waals surface area contributed by atoms with Crippen molar-refractivity contribution >= 4 is 27.9 Å². The van der Waals surface area contributed by atoms with Crippen molar-refractivity contribution in [3.05, 3.63) is 60.2 Å². The third-order valence-electron chi connectivity index (χ3n) is 8.75. The predicted molar refractivity (Wildman–Crippen MR) is 172 cm³/mol. The predicted octanol–water partition coefficient (Wildman–Crippen LogP) is 2.19. The molecule has 2 heterocycles. The minimum atomic E-state index is -4.18. The van der Waals surface area contributed by atoms with E-state index in [4.69, 9.17) is 19.9 Å². The van der Waals surface area contributed by atoms with Crippen LogP contribution in [0.3, 0.4) is 0 Å². The van der Waals surface area contributed by atoms with Gasteiger partial charge in [0.2, 0.25) is 10.0 Å². The largest absolute Gasteiger partial charge is 0.530 e. The number of aliphatic hydroxyl groups excluding tert-OH is 1. The summed E-state index contributed by atoms with van der Waals surface area (Å²) in [4.78, 5) is 25.7. The fourth-order valence-corrected chi connectivity index (χ4v) is 8.03. The molecule has 0 aliphatic carbocycles. The topological polar surface area (TPSA) is 184 Å². The molecule has 0 bridgehead atoms. The lowest BCUT2D eigenvalue weighted by Gasteiger charge is -2.43. The molecule has 0 aromatic heterocycles. The van der Waals surface area contributed by atoms with Crippen LogP contribution in [0.15, 0.2) is 59.5 Å². The number of ether oxygens (including phenoxy) is 3. The maximum absolute atomic E-state index is 14.2. The second-order valence-corrected chi connectivity index (χ2v) is 14.8. The number of nitrogens with zero attached hydrogens (tertiary/aromatic N) is 2. The molecule has 13 nitrogen and oxygen atoms in total. The van der Waals surface area contributed by atoms with Gasteiger partial charge in [0, 0.05) is 31.2 Å². The highest BCUT2D eigenvalue weighted by Crippen LogP contribution is 2.36. The molecule has 0 spiro atoms. The van der Waals surface area contributed by atoms with E-state index in [1.165, 1.54) is 28.6 Å². The molecule has 2 amide bonds. The lowest BCUT2D eigenvalue weighted by atomic mass is 9.87. The Morgan fingerprint density at radius 1 is 1.15 bits per heavy atom. The van der Waals surface area contributed by atoms with Crippen molar-refractivity contribution in [1.82, 2.24) is 14.5 Å². The summed E-state index contributed by atoms with van der Waals surface area (Å²) in [5.41, 5.74) is 6.39. The zero-order chi connectivity index (χ0) is 34.2. The summed E-state index contributed by atoms with van der Waals surface area (Å²) in [6, 6.07) is 13.2. The van der Waals surface area contributed by atoms with Crippen LogP contribution in [-0.2, 0) is 30.7 Å². The van der Waals surface area contributed by atoms with Crippen LogP contribution in [0.25, 0.3) is 0 Å². The van der Waals surface area contributed by atoms with Crippen LogP contribution in [0.5, 0.6) is 0 Å². The first-order chi connectivity index (χ1) is 22.3. The summed E-state index contributed by atoms with van der Waals surface area (Å²) >= 11 is 0. The number of benzene rings is 2. The summed E-state index contributed by atoms with van der Waals surface area (Å²) in [5, 5.41) is 27.5. The molecule has 0 saturated carbocycles. The number of fused-ring (bicyclic) bond motifs is 1. The van der Waals surface area contributed by atoms with Gasteiger partial charge in [0.15, 0.2) is 6.29 Å². The SMILES string of the molecule is CCOC(=O)NCCCC(C)(C)CN(C[C@@H](O)[C@H](Cc1ccccc1)N(C(=O)[O-])[C@H]1CO[C@H]2OCC[C@H]21)S(=O)(=O)c1ccc(N)cc1. The molecule has 0 radical (unpaired) electrons. The van der Waals surface area contributed by atoms with Crippen molar-refractivity contribution in [3.8, 4) is 0 Å². The Morgan fingerprint density at radius 2 is 1.85 bits per heavy atom. The molecule has 4 rings (SSSR count). The van der Waals surface area contributed by atoms with Gasteiger partial charge in [0.05, 0.1) is 42.9 Å². The molecule has 47 heavy (non-hydrogen) atoms. The van der Waals surface area contributed by atoms with E-state index >= 15 is 0 Å². The standard InChI is InChI=1S/C33H48N4O9S/c1-4-44-31(39)35-17-8-16-33(2,3)22-36(47(42,43)25-13-11-24(34)12-14-25)20-29(38)27(19-23-9-6-5-7-10-23)37(32(40)41)28-21-46-30-26(28)15-18-45-30/h5-7,9-14,26-30,38H,4,8,15-22,34H2,1-3H3,(H,35,39)(H,40,41)/p-1/t26-,27-,28-,29+,30+/m0/s1. The van der Waals surface area contributed by atoms with Crippen LogP contribution in [0.1, 0.15) is 45.6 Å². The van der Waals surface area contributed by atoms with E-state index in [-0.39, 0.29) is 37.0 Å². The Labute approximate surface area is 277 Å². The third kappa shape index (κ3) is 9.57. The highest BCUT2D eigenvalue weighted by atomic mass is 32.2. The van der Waals surface area contributed by atoms with Crippen molar-refractivity contribution in [2.75, 3.05) is 45.2 Å². The summed E-state index contributed by atoms with van der Waals surface area (Å²) < 4.78 is 45.8. The molecular formula is C33H47N4O9S-. The number of carbonyl (C=O) groups is 2. The van der Waals surface area contributed by atoms with Crippen LogP contribution in [-0.4, -0.2) is 98.8 Å². The van der Waals surface area contributed by atoms with Crippen LogP contribution in [0, 0.1) is 11.3 Å². The molecule has 2 saturated heterocycles. The molecule has 2 aliphatic heterocycles. The van der Waals surface area contributed by atoms with Gasteiger partial charge in [-0.25, -0.2) is 13.2 Å². The Hall–Kier alpha value is -3.43. The number of rotatable bonds is 16. The first-order valence-corrected chi connectivity index (χ1v) is 17.5. The number of aliphatic hydroxyl groups is 1. The maximum atomic E-state index is 14.2. The Morgan fingerprint density at radius 3 is 2.51 bits per heavy atom. The summed E-state index contributed by atoms with van der Waals surface area (Å²) in [5.74, 6) is -0.241. The van der Waals surface area contributed by atoms with Crippen LogP contribution in [0.4, 0.5) is 15.3 Å². The molecule has 2 aromatic carbocycles. The maximum Gasteiger partial charge on any atom is 0.407 e. The van der Waals surface area contributed by atoms with Gasteiger partial charge in [0.1, 0.15) is 6.09 Å². The van der Waals surface area contributed by atoms with Crippen LogP contribution >= 0.6 is 0 Å². The minimum Gasteiger partial charge on any atom is -0.530 e. The lowest BCUT2D eigenvalue weighted by molar-refractivity contribution is -0.273. The van der Waals surface area contributed by atoms with Gasteiger partial charge in [-0.05, 0) is 67.9 Å². The second-order valence-electron chi connectivity index (χ2n) is 12.9. The molecule has 260 valence electrons. The molecule has 2 aromatic rings. The Balaban J connectivity index is 1.63. The average molecular weight is 676 g/mol. The fourth-order valence-electron chi connectivity index (χ4n) is 6.38. The lowest BCUT2D eigenvalue weighted by Crippen LogP contribution is -2.61. The Kier molecular flexibility index (Phi) is 12.5. The fraction of sp³-hybridized carbons (Fsp3) is 0.576. The number of carboxylic acid groups (broad SMARTS) is 1. The summed E-state index contributed by atoms with van der Waals surface area (Å²) in [7, 11) is -4.18. The average Bonchev–Trinajstić information content (AvgIpc) is 3.64. The molecule has 4 N–H and O–H groups in total. The monoisotopic (exact) mass is 675 g/mol. The first kappa shape index (κ1) is 36.4. The smallest absolute Gasteiger partial charge is 0.407 e. The highest BCUT2D eigenvalue weighted by molar-refractivity contribution is 7.89. The number of anilines is 1. The van der Waals surface area contributed by atoms with Gasteiger partial charge in [-0.3, -0.25) is 0 Å². The second kappa shape index (κ2) is 16.1. The van der Waals surface area contributed by atoms with Gasteiger partial charge >= 0.3 is 6.09 Å². The number of alkyl carbamates (subject to hydrolysis) is 1. The van der Waals surface area contributed by atoms with Crippen molar-refractivity contribution in [2.45, 2.75) is 75.8 Å². The number of carbonyl (C=O) groups excluding carboxylic acids is 2. The molecule has 5 atom stereocenters. The molecule has 14 heteroatoms. The zero-order valence-electron chi connectivity index (χ0n) is 27.2. The van der Waals surface area contributed by atoms with E-state index < -0.39 is 58.6 Å². The van der Waals surface area contributed by atoms with Gasteiger partial charge < -0.3 is 45.2 Å². The Bertz CT molecular complexity index is 1430. The van der Waals surface area contributed by atoms with E-state index in [9.17, 15) is 28.2 Å². The molecule has 0 unspecified atom stereocenters. The quantitative estimate of drug-likeness (QED) is 0.176. The zero-order valence-corrected chi connectivity index (χ0v) is 28.1.